The first kappa shape index (κ1) is 22.9. The average Bonchev–Trinajstić information content (AvgIpc) is 3.08. The number of carbonyl (C=O) groups is 1. The summed E-state index contributed by atoms with van der Waals surface area (Å²) in [6.07, 6.45) is 3.01. The molecule has 29 heavy (non-hydrogen) atoms. The van der Waals surface area contributed by atoms with Crippen LogP contribution in [-0.2, 0) is 24.2 Å². The molecule has 1 aromatic carbocycles. The number of halogens is 5. The van der Waals surface area contributed by atoms with Crippen LogP contribution < -0.4 is 5.32 Å². The summed E-state index contributed by atoms with van der Waals surface area (Å²) in [4.78, 5) is 17.1. The molecule has 0 bridgehead atoms. The number of benzene rings is 1. The van der Waals surface area contributed by atoms with Gasteiger partial charge in [0, 0.05) is 13.1 Å². The molecule has 1 aliphatic rings. The third kappa shape index (κ3) is 6.57. The van der Waals surface area contributed by atoms with Crippen molar-refractivity contribution in [2.24, 2.45) is 0 Å². The minimum absolute atomic E-state index is 0.0919. The number of alkyl halides is 3. The second kappa shape index (κ2) is 10.4. The molecule has 0 saturated heterocycles. The summed E-state index contributed by atoms with van der Waals surface area (Å²) >= 11 is 5.84. The third-order valence-corrected chi connectivity index (χ3v) is 4.66. The van der Waals surface area contributed by atoms with Gasteiger partial charge in [-0.2, -0.15) is 13.2 Å². The molecule has 0 radical (unpaired) electrons. The van der Waals surface area contributed by atoms with E-state index in [2.05, 4.69) is 10.3 Å². The van der Waals surface area contributed by atoms with Crippen molar-refractivity contribution < 1.29 is 27.5 Å². The van der Waals surface area contributed by atoms with Crippen LogP contribution in [0.5, 0.6) is 0 Å². The number of aliphatic hydroxyl groups excluding tert-OH is 1. The molecular formula is C19H20ClF4N3O2. The average molecular weight is 434 g/mol. The van der Waals surface area contributed by atoms with Crippen LogP contribution in [0.25, 0.3) is 0 Å². The van der Waals surface area contributed by atoms with E-state index in [1.165, 1.54) is 4.90 Å². The van der Waals surface area contributed by atoms with E-state index in [9.17, 15) is 22.4 Å². The van der Waals surface area contributed by atoms with Gasteiger partial charge in [0.2, 0.25) is 5.91 Å². The van der Waals surface area contributed by atoms with Crippen LogP contribution in [-0.4, -0.2) is 47.3 Å². The third-order valence-electron chi connectivity index (χ3n) is 4.37. The molecule has 1 unspecified atom stereocenters. The first-order valence-electron chi connectivity index (χ1n) is 8.65. The van der Waals surface area contributed by atoms with Gasteiger partial charge in [-0.3, -0.25) is 9.78 Å². The SMILES string of the molecule is CN(Cc1ccc(NC2Cc3ccc(Cl)c(F)c3C2)cn1)C(=O)CO.FC(F)F. The van der Waals surface area contributed by atoms with Crippen molar-refractivity contribution in [1.82, 2.24) is 9.88 Å². The Hall–Kier alpha value is -2.39. The van der Waals surface area contributed by atoms with Crippen molar-refractivity contribution in [1.29, 1.82) is 0 Å². The molecule has 0 spiro atoms. The zero-order chi connectivity index (χ0) is 21.6. The van der Waals surface area contributed by atoms with E-state index in [0.29, 0.717) is 18.5 Å². The maximum absolute atomic E-state index is 14.1. The topological polar surface area (TPSA) is 65.5 Å². The van der Waals surface area contributed by atoms with Gasteiger partial charge in [0.1, 0.15) is 12.4 Å². The molecule has 0 aliphatic heterocycles. The fourth-order valence-electron chi connectivity index (χ4n) is 3.02. The molecule has 5 nitrogen and oxygen atoms in total. The van der Waals surface area contributed by atoms with Crippen LogP contribution >= 0.6 is 11.6 Å². The van der Waals surface area contributed by atoms with Gasteiger partial charge in [-0.15, -0.1) is 0 Å². The lowest BCUT2D eigenvalue weighted by molar-refractivity contribution is -0.133. The molecule has 2 aromatic rings. The summed E-state index contributed by atoms with van der Waals surface area (Å²) in [6.45, 7) is -3.85. The van der Waals surface area contributed by atoms with Gasteiger partial charge in [0.25, 0.3) is 0 Å². The zero-order valence-corrected chi connectivity index (χ0v) is 16.3. The highest BCUT2D eigenvalue weighted by atomic mass is 35.5. The number of anilines is 1. The maximum Gasteiger partial charge on any atom is 0.379 e. The van der Waals surface area contributed by atoms with Gasteiger partial charge in [-0.1, -0.05) is 17.7 Å². The van der Waals surface area contributed by atoms with E-state index in [1.54, 1.807) is 19.3 Å². The fraction of sp³-hybridized carbons (Fsp3) is 0.368. The molecule has 2 N–H and O–H groups in total. The highest BCUT2D eigenvalue weighted by Crippen LogP contribution is 2.30. The lowest BCUT2D eigenvalue weighted by Crippen LogP contribution is -2.29. The van der Waals surface area contributed by atoms with Crippen molar-refractivity contribution >= 4 is 23.2 Å². The Morgan fingerprint density at radius 2 is 2.00 bits per heavy atom. The van der Waals surface area contributed by atoms with E-state index in [0.717, 1.165) is 23.4 Å². The molecule has 10 heteroatoms. The Morgan fingerprint density at radius 3 is 2.59 bits per heavy atom. The molecule has 1 atom stereocenters. The van der Waals surface area contributed by atoms with Crippen molar-refractivity contribution in [2.75, 3.05) is 19.0 Å². The van der Waals surface area contributed by atoms with Crippen LogP contribution in [0, 0.1) is 5.82 Å². The minimum atomic E-state index is -3.67. The quantitative estimate of drug-likeness (QED) is 0.707. The van der Waals surface area contributed by atoms with E-state index < -0.39 is 13.3 Å². The van der Waals surface area contributed by atoms with Gasteiger partial charge in [-0.05, 0) is 42.2 Å². The Kier molecular flexibility index (Phi) is 8.21. The molecule has 1 heterocycles. The fourth-order valence-corrected chi connectivity index (χ4v) is 3.20. The molecule has 1 aromatic heterocycles. The first-order valence-corrected chi connectivity index (χ1v) is 9.03. The van der Waals surface area contributed by atoms with Crippen molar-refractivity contribution in [3.8, 4) is 0 Å². The molecule has 3 rings (SSSR count). The Morgan fingerprint density at radius 1 is 1.31 bits per heavy atom. The van der Waals surface area contributed by atoms with Crippen molar-refractivity contribution in [2.45, 2.75) is 32.1 Å². The first-order chi connectivity index (χ1) is 13.7. The van der Waals surface area contributed by atoms with Crippen LogP contribution in [0.3, 0.4) is 0 Å². The standard InChI is InChI=1S/C18H19ClFN3O2.CHF3/c1-23(17(25)10-24)9-13-4-3-12(8-21-13)22-14-6-11-2-5-16(19)18(20)15(11)7-14;2-1(3)4/h2-5,8,14,22,24H,6-7,9-10H2,1H3;1H. The predicted octanol–water partition coefficient (Wildman–Crippen LogP) is 3.58. The van der Waals surface area contributed by atoms with E-state index in [1.807, 2.05) is 18.2 Å². The summed E-state index contributed by atoms with van der Waals surface area (Å²) in [5, 5.41) is 12.4. The molecule has 158 valence electrons. The van der Waals surface area contributed by atoms with E-state index in [-0.39, 0.29) is 22.8 Å². The second-order valence-corrected chi connectivity index (χ2v) is 6.85. The number of aliphatic hydroxyl groups is 1. The Labute approximate surface area is 170 Å². The number of nitrogens with one attached hydrogen (secondary N) is 1. The number of nitrogens with zero attached hydrogens (tertiary/aromatic N) is 2. The van der Waals surface area contributed by atoms with Crippen molar-refractivity contribution in [3.63, 3.8) is 0 Å². The van der Waals surface area contributed by atoms with E-state index >= 15 is 0 Å². The highest BCUT2D eigenvalue weighted by Gasteiger charge is 2.25. The van der Waals surface area contributed by atoms with Crippen LogP contribution in [0.2, 0.25) is 5.02 Å². The van der Waals surface area contributed by atoms with Crippen LogP contribution in [0.15, 0.2) is 30.5 Å². The van der Waals surface area contributed by atoms with E-state index in [4.69, 9.17) is 16.7 Å². The molecular weight excluding hydrogens is 414 g/mol. The zero-order valence-electron chi connectivity index (χ0n) is 15.5. The molecule has 1 amide bonds. The molecule has 0 saturated carbocycles. The Bertz CT molecular complexity index is 834. The maximum atomic E-state index is 14.1. The largest absolute Gasteiger partial charge is 0.387 e. The van der Waals surface area contributed by atoms with Gasteiger partial charge in [-0.25, -0.2) is 4.39 Å². The number of rotatable bonds is 5. The number of likely N-dealkylation sites (N-methyl/N-ethyl adjacent to an activating group) is 1. The number of hydrogen-bond donors (Lipinski definition) is 2. The number of pyridine rings is 1. The minimum Gasteiger partial charge on any atom is -0.387 e. The molecule has 0 fully saturated rings. The lowest BCUT2D eigenvalue weighted by Gasteiger charge is -2.16. The second-order valence-electron chi connectivity index (χ2n) is 6.44. The smallest absolute Gasteiger partial charge is 0.379 e. The summed E-state index contributed by atoms with van der Waals surface area (Å²) in [5.74, 6) is -0.679. The van der Waals surface area contributed by atoms with Gasteiger partial charge in [0.05, 0.1) is 29.1 Å². The number of carbonyl (C=O) groups excluding carboxylic acids is 1. The van der Waals surface area contributed by atoms with Crippen molar-refractivity contribution in [3.05, 3.63) is 58.1 Å². The van der Waals surface area contributed by atoms with Crippen LogP contribution in [0.4, 0.5) is 23.2 Å². The Balaban J connectivity index is 0.000000687. The highest BCUT2D eigenvalue weighted by molar-refractivity contribution is 6.30. The number of hydrogen-bond acceptors (Lipinski definition) is 4. The normalized spacial score (nSPS) is 14.8. The number of amides is 1. The number of fused-ring (bicyclic) bond motifs is 1. The summed E-state index contributed by atoms with van der Waals surface area (Å²) in [5.41, 5.74) is 3.22. The molecule has 1 aliphatic carbocycles. The summed E-state index contributed by atoms with van der Waals surface area (Å²) in [6, 6.07) is 7.26. The van der Waals surface area contributed by atoms with Gasteiger partial charge in [0.15, 0.2) is 0 Å². The monoisotopic (exact) mass is 433 g/mol. The predicted molar refractivity (Wildman–Crippen MR) is 101 cm³/mol. The van der Waals surface area contributed by atoms with Gasteiger partial charge >= 0.3 is 6.68 Å². The van der Waals surface area contributed by atoms with Crippen LogP contribution in [0.1, 0.15) is 16.8 Å². The lowest BCUT2D eigenvalue weighted by atomic mass is 10.1. The summed E-state index contributed by atoms with van der Waals surface area (Å²) < 4.78 is 43.1. The van der Waals surface area contributed by atoms with Gasteiger partial charge < -0.3 is 15.3 Å². The summed E-state index contributed by atoms with van der Waals surface area (Å²) in [7, 11) is 1.61. The number of aromatic nitrogens is 1.